The molecule has 2 rings (SSSR count). The van der Waals surface area contributed by atoms with Crippen LogP contribution >= 0.6 is 0 Å². The molecular formula is C16H16F2N2O. The lowest BCUT2D eigenvalue weighted by molar-refractivity contribution is 0.102. The van der Waals surface area contributed by atoms with Gasteiger partial charge >= 0.3 is 0 Å². The molecular weight excluding hydrogens is 274 g/mol. The van der Waals surface area contributed by atoms with E-state index in [2.05, 4.69) is 5.32 Å². The van der Waals surface area contributed by atoms with E-state index in [1.165, 1.54) is 0 Å². The third kappa shape index (κ3) is 3.02. The zero-order valence-electron chi connectivity index (χ0n) is 11.8. The molecule has 5 heteroatoms. The maximum atomic E-state index is 13.4. The monoisotopic (exact) mass is 290 g/mol. The predicted octanol–water partition coefficient (Wildman–Crippen LogP) is 3.67. The van der Waals surface area contributed by atoms with E-state index in [0.29, 0.717) is 5.69 Å². The Kier molecular flexibility index (Phi) is 4.21. The van der Waals surface area contributed by atoms with Gasteiger partial charge in [-0.15, -0.1) is 0 Å². The van der Waals surface area contributed by atoms with E-state index in [4.69, 9.17) is 5.73 Å². The van der Waals surface area contributed by atoms with Gasteiger partial charge in [0.05, 0.1) is 0 Å². The van der Waals surface area contributed by atoms with Gasteiger partial charge in [0.15, 0.2) is 0 Å². The maximum Gasteiger partial charge on any atom is 0.255 e. The standard InChI is InChI=1S/C16H16F2N2O/c1-3-10-6-4-5-9(2)15(10)20-16(21)11-7-12(17)14(19)13(18)8-11/h4-8H,3,19H2,1-2H3,(H,20,21). The molecule has 21 heavy (non-hydrogen) atoms. The molecule has 0 saturated carbocycles. The van der Waals surface area contributed by atoms with Crippen LogP contribution in [0.5, 0.6) is 0 Å². The molecule has 0 aliphatic heterocycles. The van der Waals surface area contributed by atoms with Crippen LogP contribution in [0.15, 0.2) is 30.3 Å². The summed E-state index contributed by atoms with van der Waals surface area (Å²) in [5.74, 6) is -2.46. The van der Waals surface area contributed by atoms with E-state index in [9.17, 15) is 13.6 Å². The van der Waals surface area contributed by atoms with Gasteiger partial charge in [-0.1, -0.05) is 25.1 Å². The van der Waals surface area contributed by atoms with Gasteiger partial charge in [-0.3, -0.25) is 4.79 Å². The lowest BCUT2D eigenvalue weighted by Crippen LogP contribution is -2.15. The van der Waals surface area contributed by atoms with E-state index in [-0.39, 0.29) is 5.56 Å². The van der Waals surface area contributed by atoms with Crippen molar-refractivity contribution in [2.75, 3.05) is 11.1 Å². The summed E-state index contributed by atoms with van der Waals surface area (Å²) >= 11 is 0. The Morgan fingerprint density at radius 3 is 2.43 bits per heavy atom. The number of nitrogen functional groups attached to an aromatic ring is 1. The van der Waals surface area contributed by atoms with Gasteiger partial charge in [-0.05, 0) is 36.6 Å². The Balaban J connectivity index is 2.35. The lowest BCUT2D eigenvalue weighted by atomic mass is 10.1. The summed E-state index contributed by atoms with van der Waals surface area (Å²) in [7, 11) is 0. The number of benzene rings is 2. The van der Waals surface area contributed by atoms with Crippen molar-refractivity contribution in [1.82, 2.24) is 0 Å². The molecule has 0 atom stereocenters. The minimum Gasteiger partial charge on any atom is -0.394 e. The van der Waals surface area contributed by atoms with Crippen molar-refractivity contribution in [3.8, 4) is 0 Å². The van der Waals surface area contributed by atoms with Crippen molar-refractivity contribution < 1.29 is 13.6 Å². The first kappa shape index (κ1) is 15.0. The predicted molar refractivity (Wildman–Crippen MR) is 79.3 cm³/mol. The van der Waals surface area contributed by atoms with Crippen molar-refractivity contribution >= 4 is 17.3 Å². The van der Waals surface area contributed by atoms with Crippen LogP contribution in [-0.2, 0) is 6.42 Å². The molecule has 1 amide bonds. The Labute approximate surface area is 121 Å². The largest absolute Gasteiger partial charge is 0.394 e. The van der Waals surface area contributed by atoms with Crippen molar-refractivity contribution in [3.05, 3.63) is 58.7 Å². The molecule has 2 aromatic rings. The minimum absolute atomic E-state index is 0.107. The molecule has 0 radical (unpaired) electrons. The van der Waals surface area contributed by atoms with Gasteiger partial charge in [-0.2, -0.15) is 0 Å². The van der Waals surface area contributed by atoms with Crippen molar-refractivity contribution in [2.45, 2.75) is 20.3 Å². The van der Waals surface area contributed by atoms with E-state index in [1.807, 2.05) is 32.0 Å². The fourth-order valence-electron chi connectivity index (χ4n) is 2.10. The Morgan fingerprint density at radius 2 is 1.86 bits per heavy atom. The molecule has 0 saturated heterocycles. The number of carbonyl (C=O) groups excluding carboxylic acids is 1. The molecule has 0 aliphatic rings. The first-order valence-electron chi connectivity index (χ1n) is 6.58. The van der Waals surface area contributed by atoms with Crippen LogP contribution in [0.1, 0.15) is 28.4 Å². The third-order valence-electron chi connectivity index (χ3n) is 3.32. The average molecular weight is 290 g/mol. The SMILES string of the molecule is CCc1cccc(C)c1NC(=O)c1cc(F)c(N)c(F)c1. The average Bonchev–Trinajstić information content (AvgIpc) is 2.46. The highest BCUT2D eigenvalue weighted by Crippen LogP contribution is 2.23. The number of para-hydroxylation sites is 1. The second-order valence-electron chi connectivity index (χ2n) is 4.77. The molecule has 0 spiro atoms. The number of halogens is 2. The quantitative estimate of drug-likeness (QED) is 0.847. The first-order valence-corrected chi connectivity index (χ1v) is 6.58. The summed E-state index contributed by atoms with van der Waals surface area (Å²) in [6.45, 7) is 3.83. The molecule has 0 aromatic heterocycles. The molecule has 3 N–H and O–H groups in total. The maximum absolute atomic E-state index is 13.4. The first-order chi connectivity index (χ1) is 9.93. The third-order valence-corrected chi connectivity index (χ3v) is 3.32. The summed E-state index contributed by atoms with van der Waals surface area (Å²) in [6.07, 6.45) is 0.738. The summed E-state index contributed by atoms with van der Waals surface area (Å²) in [4.78, 5) is 12.2. The highest BCUT2D eigenvalue weighted by Gasteiger charge is 2.15. The molecule has 0 bridgehead atoms. The van der Waals surface area contributed by atoms with Crippen LogP contribution in [0, 0.1) is 18.6 Å². The zero-order chi connectivity index (χ0) is 15.6. The molecule has 2 aromatic carbocycles. The summed E-state index contributed by atoms with van der Waals surface area (Å²) in [6, 6.07) is 7.51. The minimum atomic E-state index is -0.944. The van der Waals surface area contributed by atoms with Crippen LogP contribution in [0.25, 0.3) is 0 Å². The van der Waals surface area contributed by atoms with Gasteiger partial charge in [0.25, 0.3) is 5.91 Å². The number of aryl methyl sites for hydroxylation is 2. The number of nitrogens with two attached hydrogens (primary N) is 1. The lowest BCUT2D eigenvalue weighted by Gasteiger charge is -2.13. The van der Waals surface area contributed by atoms with E-state index in [0.717, 1.165) is 29.7 Å². The van der Waals surface area contributed by atoms with Crippen LogP contribution in [0.4, 0.5) is 20.2 Å². The van der Waals surface area contributed by atoms with E-state index in [1.54, 1.807) is 0 Å². The molecule has 0 fully saturated rings. The van der Waals surface area contributed by atoms with E-state index >= 15 is 0 Å². The second kappa shape index (κ2) is 5.91. The Hall–Kier alpha value is -2.43. The number of hydrogen-bond donors (Lipinski definition) is 2. The van der Waals surface area contributed by atoms with E-state index < -0.39 is 23.2 Å². The second-order valence-corrected chi connectivity index (χ2v) is 4.77. The summed E-state index contributed by atoms with van der Waals surface area (Å²) in [5, 5.41) is 2.71. The van der Waals surface area contributed by atoms with Crippen molar-refractivity contribution in [1.29, 1.82) is 0 Å². The van der Waals surface area contributed by atoms with Crippen LogP contribution in [0.3, 0.4) is 0 Å². The number of hydrogen-bond acceptors (Lipinski definition) is 2. The molecule has 3 nitrogen and oxygen atoms in total. The fraction of sp³-hybridized carbons (Fsp3) is 0.188. The molecule has 0 heterocycles. The number of amides is 1. The summed E-state index contributed by atoms with van der Waals surface area (Å²) in [5.41, 5.74) is 7.01. The number of nitrogens with one attached hydrogen (secondary N) is 1. The van der Waals surface area contributed by atoms with Crippen LogP contribution < -0.4 is 11.1 Å². The molecule has 0 unspecified atom stereocenters. The highest BCUT2D eigenvalue weighted by molar-refractivity contribution is 6.05. The smallest absolute Gasteiger partial charge is 0.255 e. The van der Waals surface area contributed by atoms with Gasteiger partial charge < -0.3 is 11.1 Å². The summed E-state index contributed by atoms with van der Waals surface area (Å²) < 4.78 is 26.8. The highest BCUT2D eigenvalue weighted by atomic mass is 19.1. The fourth-order valence-corrected chi connectivity index (χ4v) is 2.10. The Bertz CT molecular complexity index is 676. The number of carbonyl (C=O) groups is 1. The molecule has 110 valence electrons. The van der Waals surface area contributed by atoms with Crippen molar-refractivity contribution in [3.63, 3.8) is 0 Å². The topological polar surface area (TPSA) is 55.1 Å². The molecule has 0 aliphatic carbocycles. The van der Waals surface area contributed by atoms with Gasteiger partial charge in [-0.25, -0.2) is 8.78 Å². The van der Waals surface area contributed by atoms with Gasteiger partial charge in [0, 0.05) is 11.3 Å². The normalized spacial score (nSPS) is 10.5. The van der Waals surface area contributed by atoms with Crippen LogP contribution in [0.2, 0.25) is 0 Å². The zero-order valence-corrected chi connectivity index (χ0v) is 11.8. The van der Waals surface area contributed by atoms with Crippen LogP contribution in [-0.4, -0.2) is 5.91 Å². The van der Waals surface area contributed by atoms with Gasteiger partial charge in [0.2, 0.25) is 0 Å². The van der Waals surface area contributed by atoms with Crippen molar-refractivity contribution in [2.24, 2.45) is 0 Å². The number of anilines is 2. The Morgan fingerprint density at radius 1 is 1.24 bits per heavy atom. The number of rotatable bonds is 3. The van der Waals surface area contributed by atoms with Gasteiger partial charge in [0.1, 0.15) is 17.3 Å².